The van der Waals surface area contributed by atoms with E-state index >= 15 is 0 Å². The van der Waals surface area contributed by atoms with Crippen molar-refractivity contribution < 1.29 is 14.3 Å². The van der Waals surface area contributed by atoms with Gasteiger partial charge in [0.15, 0.2) is 0 Å². The minimum absolute atomic E-state index is 0.00284. The lowest BCUT2D eigenvalue weighted by molar-refractivity contribution is -0.133. The maximum atomic E-state index is 11.7. The van der Waals surface area contributed by atoms with E-state index in [-0.39, 0.29) is 35.9 Å². The highest BCUT2D eigenvalue weighted by Crippen LogP contribution is 2.30. The summed E-state index contributed by atoms with van der Waals surface area (Å²) in [5, 5.41) is 1.47. The van der Waals surface area contributed by atoms with E-state index in [4.69, 9.17) is 4.74 Å². The number of nitrogens with one attached hydrogen (secondary N) is 1. The maximum absolute atomic E-state index is 11.7. The second kappa shape index (κ2) is 6.35. The summed E-state index contributed by atoms with van der Waals surface area (Å²) in [7, 11) is 1.68. The van der Waals surface area contributed by atoms with Crippen LogP contribution >= 0.6 is 15.9 Å². The molecule has 0 atom stereocenters. The number of ether oxygens (including phenoxy) is 1. The Morgan fingerprint density at radius 3 is 2.52 bits per heavy atom. The number of amides is 2. The Morgan fingerprint density at radius 2 is 1.91 bits per heavy atom. The monoisotopic (exact) mass is 383 g/mol. The number of carbonyl (C=O) groups excluding carboxylic acids is 2. The number of nitrogens with zero attached hydrogens (tertiary/aromatic N) is 2. The fraction of sp³-hybridized carbons (Fsp3) is 0.533. The first kappa shape index (κ1) is 16.0. The lowest BCUT2D eigenvalue weighted by Gasteiger charge is -2.34. The largest absolute Gasteiger partial charge is 0.489 e. The molecule has 124 valence electrons. The summed E-state index contributed by atoms with van der Waals surface area (Å²) in [4.78, 5) is 34.7. The van der Waals surface area contributed by atoms with Crippen molar-refractivity contribution in [1.82, 2.24) is 15.0 Å². The Hall–Kier alpha value is -1.83. The summed E-state index contributed by atoms with van der Waals surface area (Å²) >= 11 is 3.40. The number of carbonyl (C=O) groups is 2. The fourth-order valence-electron chi connectivity index (χ4n) is 3.02. The Labute approximate surface area is 141 Å². The van der Waals surface area contributed by atoms with Crippen LogP contribution in [0.25, 0.3) is 0 Å². The molecule has 0 spiro atoms. The van der Waals surface area contributed by atoms with Crippen molar-refractivity contribution in [2.75, 3.05) is 0 Å². The van der Waals surface area contributed by atoms with E-state index in [0.717, 1.165) is 30.2 Å². The topological polar surface area (TPSA) is 80.6 Å². The zero-order valence-electron chi connectivity index (χ0n) is 12.8. The number of hydrogen-bond donors (Lipinski definition) is 1. The summed E-state index contributed by atoms with van der Waals surface area (Å²) in [5.74, 6) is 0.146. The Morgan fingerprint density at radius 1 is 1.22 bits per heavy atom. The number of aryl methyl sites for hydroxylation is 1. The SMILES string of the molecule is Cn1cc(Br)c(OC2CCC(N3NC(=O)CC3=O)CC2)cc1=O. The molecule has 0 aromatic carbocycles. The van der Waals surface area contributed by atoms with Gasteiger partial charge >= 0.3 is 0 Å². The third-order valence-electron chi connectivity index (χ3n) is 4.27. The third kappa shape index (κ3) is 3.41. The van der Waals surface area contributed by atoms with Crippen molar-refractivity contribution in [3.63, 3.8) is 0 Å². The van der Waals surface area contributed by atoms with Gasteiger partial charge in [0, 0.05) is 19.3 Å². The number of rotatable bonds is 3. The minimum Gasteiger partial charge on any atom is -0.489 e. The maximum Gasteiger partial charge on any atom is 0.254 e. The van der Waals surface area contributed by atoms with Gasteiger partial charge in [0.1, 0.15) is 12.2 Å². The molecule has 0 radical (unpaired) electrons. The molecule has 1 N–H and O–H groups in total. The van der Waals surface area contributed by atoms with Crippen LogP contribution in [0, 0.1) is 0 Å². The van der Waals surface area contributed by atoms with Crippen LogP contribution in [0.4, 0.5) is 0 Å². The van der Waals surface area contributed by atoms with Gasteiger partial charge in [-0.3, -0.25) is 24.8 Å². The highest BCUT2D eigenvalue weighted by atomic mass is 79.9. The van der Waals surface area contributed by atoms with Crippen LogP contribution in [-0.4, -0.2) is 33.5 Å². The number of hydrazine groups is 1. The van der Waals surface area contributed by atoms with Gasteiger partial charge in [0.05, 0.1) is 16.6 Å². The first-order valence-electron chi connectivity index (χ1n) is 7.58. The number of pyridine rings is 1. The summed E-state index contributed by atoms with van der Waals surface area (Å²) < 4.78 is 8.15. The van der Waals surface area contributed by atoms with E-state index in [1.54, 1.807) is 13.2 Å². The lowest BCUT2D eigenvalue weighted by atomic mass is 9.92. The first-order chi connectivity index (χ1) is 10.9. The van der Waals surface area contributed by atoms with Crippen LogP contribution in [0.1, 0.15) is 32.1 Å². The molecule has 0 bridgehead atoms. The minimum atomic E-state index is -0.238. The average Bonchev–Trinajstić information content (AvgIpc) is 2.84. The Kier molecular flexibility index (Phi) is 4.43. The van der Waals surface area contributed by atoms with Crippen molar-refractivity contribution in [2.24, 2.45) is 7.05 Å². The standard InChI is InChI=1S/C15H18BrN3O4/c1-18-8-11(16)12(6-14(18)21)23-10-4-2-9(3-5-10)19-15(22)7-13(20)17-19/h6,8-10H,2-5,7H2,1H3,(H,17,20). The van der Waals surface area contributed by atoms with Gasteiger partial charge in [-0.05, 0) is 41.6 Å². The third-order valence-corrected chi connectivity index (χ3v) is 4.87. The molecule has 1 aromatic heterocycles. The molecule has 1 aromatic rings. The van der Waals surface area contributed by atoms with Gasteiger partial charge in [-0.15, -0.1) is 0 Å². The Bertz CT molecular complexity index is 694. The average molecular weight is 384 g/mol. The van der Waals surface area contributed by atoms with Gasteiger partial charge in [-0.2, -0.15) is 0 Å². The van der Waals surface area contributed by atoms with Crippen LogP contribution in [0.3, 0.4) is 0 Å². The van der Waals surface area contributed by atoms with E-state index in [1.807, 2.05) is 0 Å². The molecule has 0 unspecified atom stereocenters. The molecular weight excluding hydrogens is 366 g/mol. The highest BCUT2D eigenvalue weighted by molar-refractivity contribution is 9.10. The molecule has 2 aliphatic rings. The molecule has 1 saturated heterocycles. The van der Waals surface area contributed by atoms with Gasteiger partial charge < -0.3 is 9.30 Å². The molecule has 1 aliphatic heterocycles. The van der Waals surface area contributed by atoms with Crippen molar-refractivity contribution >= 4 is 27.7 Å². The van der Waals surface area contributed by atoms with Crippen molar-refractivity contribution in [3.8, 4) is 5.75 Å². The van der Waals surface area contributed by atoms with Gasteiger partial charge in [-0.25, -0.2) is 0 Å². The zero-order chi connectivity index (χ0) is 16.6. The van der Waals surface area contributed by atoms with E-state index < -0.39 is 0 Å². The summed E-state index contributed by atoms with van der Waals surface area (Å²) in [6.07, 6.45) is 4.69. The molecule has 7 nitrogen and oxygen atoms in total. The molecule has 2 amide bonds. The Balaban J connectivity index is 1.59. The quantitative estimate of drug-likeness (QED) is 0.792. The molecule has 23 heavy (non-hydrogen) atoms. The fourth-order valence-corrected chi connectivity index (χ4v) is 3.54. The number of hydrogen-bond acceptors (Lipinski definition) is 4. The van der Waals surface area contributed by atoms with Crippen LogP contribution in [0.5, 0.6) is 5.75 Å². The molecular formula is C15H18BrN3O4. The second-order valence-electron chi connectivity index (χ2n) is 5.96. The van der Waals surface area contributed by atoms with E-state index in [9.17, 15) is 14.4 Å². The predicted molar refractivity (Wildman–Crippen MR) is 85.7 cm³/mol. The van der Waals surface area contributed by atoms with Gasteiger partial charge in [0.2, 0.25) is 5.91 Å². The normalized spacial score (nSPS) is 24.7. The smallest absolute Gasteiger partial charge is 0.254 e. The molecule has 1 aliphatic carbocycles. The van der Waals surface area contributed by atoms with Crippen molar-refractivity contribution in [1.29, 1.82) is 0 Å². The summed E-state index contributed by atoms with van der Waals surface area (Å²) in [5.41, 5.74) is 2.49. The zero-order valence-corrected chi connectivity index (χ0v) is 14.3. The van der Waals surface area contributed by atoms with Crippen molar-refractivity contribution in [2.45, 2.75) is 44.2 Å². The molecule has 2 fully saturated rings. The van der Waals surface area contributed by atoms with E-state index in [1.165, 1.54) is 15.6 Å². The first-order valence-corrected chi connectivity index (χ1v) is 8.37. The number of aromatic nitrogens is 1. The van der Waals surface area contributed by atoms with E-state index in [0.29, 0.717) is 5.75 Å². The number of halogens is 1. The van der Waals surface area contributed by atoms with Crippen LogP contribution < -0.4 is 15.7 Å². The molecule has 1 saturated carbocycles. The molecule has 8 heteroatoms. The lowest BCUT2D eigenvalue weighted by Crippen LogP contribution is -2.46. The molecule has 3 rings (SSSR count). The van der Waals surface area contributed by atoms with Crippen LogP contribution in [-0.2, 0) is 16.6 Å². The highest BCUT2D eigenvalue weighted by Gasteiger charge is 2.35. The summed E-state index contributed by atoms with van der Waals surface area (Å²) in [6, 6.07) is 1.50. The van der Waals surface area contributed by atoms with Crippen molar-refractivity contribution in [3.05, 3.63) is 27.1 Å². The van der Waals surface area contributed by atoms with Crippen LogP contribution in [0.2, 0.25) is 0 Å². The van der Waals surface area contributed by atoms with Crippen LogP contribution in [0.15, 0.2) is 21.5 Å². The summed E-state index contributed by atoms with van der Waals surface area (Å²) in [6.45, 7) is 0. The second-order valence-corrected chi connectivity index (χ2v) is 6.81. The molecule has 2 heterocycles. The van der Waals surface area contributed by atoms with E-state index in [2.05, 4.69) is 21.4 Å². The van der Waals surface area contributed by atoms with Gasteiger partial charge in [0.25, 0.3) is 11.5 Å². The predicted octanol–water partition coefficient (Wildman–Crippen LogP) is 1.10. The van der Waals surface area contributed by atoms with Gasteiger partial charge in [-0.1, -0.05) is 0 Å².